The number of nitrogens with one attached hydrogen (secondary N) is 1. The molecule has 5 heteroatoms. The first kappa shape index (κ1) is 16.6. The molecule has 0 aliphatic heterocycles. The Morgan fingerprint density at radius 3 is 2.27 bits per heavy atom. The number of hydrogen-bond acceptors (Lipinski definition) is 3. The molecule has 1 amide bonds. The standard InChI is InChI=1S/C17H18INO3/c1-12(13-3-7-15(21-2)8-4-13)19-17(20)11-22-16-9-5-14(18)6-10-16/h3-10,12H,11H2,1-2H3,(H,19,20). The third-order valence-corrected chi connectivity index (χ3v) is 3.90. The number of carbonyl (C=O) groups excluding carboxylic acids is 1. The summed E-state index contributed by atoms with van der Waals surface area (Å²) in [6.07, 6.45) is 0. The topological polar surface area (TPSA) is 47.6 Å². The fourth-order valence-corrected chi connectivity index (χ4v) is 2.30. The van der Waals surface area contributed by atoms with Crippen LogP contribution in [0, 0.1) is 3.57 Å². The highest BCUT2D eigenvalue weighted by Gasteiger charge is 2.10. The van der Waals surface area contributed by atoms with Crippen molar-refractivity contribution in [2.75, 3.05) is 13.7 Å². The molecule has 1 N–H and O–H groups in total. The summed E-state index contributed by atoms with van der Waals surface area (Å²) in [7, 11) is 1.63. The van der Waals surface area contributed by atoms with Crippen molar-refractivity contribution in [1.82, 2.24) is 5.32 Å². The van der Waals surface area contributed by atoms with Crippen LogP contribution in [0.5, 0.6) is 11.5 Å². The summed E-state index contributed by atoms with van der Waals surface area (Å²) in [6.45, 7) is 1.94. The first-order valence-corrected chi connectivity index (χ1v) is 7.98. The van der Waals surface area contributed by atoms with Gasteiger partial charge in [0.2, 0.25) is 0 Å². The highest BCUT2D eigenvalue weighted by molar-refractivity contribution is 14.1. The summed E-state index contributed by atoms with van der Waals surface area (Å²) in [6, 6.07) is 15.1. The lowest BCUT2D eigenvalue weighted by atomic mass is 10.1. The molecule has 116 valence electrons. The quantitative estimate of drug-likeness (QED) is 0.740. The van der Waals surface area contributed by atoms with Crippen molar-refractivity contribution in [1.29, 1.82) is 0 Å². The number of amides is 1. The van der Waals surface area contributed by atoms with E-state index in [4.69, 9.17) is 9.47 Å². The summed E-state index contributed by atoms with van der Waals surface area (Å²) in [5.41, 5.74) is 1.02. The molecular formula is C17H18INO3. The van der Waals surface area contributed by atoms with E-state index in [-0.39, 0.29) is 18.6 Å². The number of halogens is 1. The van der Waals surface area contributed by atoms with Crippen molar-refractivity contribution in [3.8, 4) is 11.5 Å². The monoisotopic (exact) mass is 411 g/mol. The Morgan fingerprint density at radius 2 is 1.68 bits per heavy atom. The van der Waals surface area contributed by atoms with Gasteiger partial charge in [-0.25, -0.2) is 0 Å². The highest BCUT2D eigenvalue weighted by Crippen LogP contribution is 2.17. The van der Waals surface area contributed by atoms with Crippen molar-refractivity contribution < 1.29 is 14.3 Å². The van der Waals surface area contributed by atoms with E-state index in [1.807, 2.05) is 55.5 Å². The largest absolute Gasteiger partial charge is 0.497 e. The maximum absolute atomic E-state index is 11.9. The molecule has 0 saturated heterocycles. The lowest BCUT2D eigenvalue weighted by molar-refractivity contribution is -0.123. The van der Waals surface area contributed by atoms with Gasteiger partial charge >= 0.3 is 0 Å². The van der Waals surface area contributed by atoms with Crippen molar-refractivity contribution in [3.63, 3.8) is 0 Å². The van der Waals surface area contributed by atoms with Gasteiger partial charge in [-0.05, 0) is 71.5 Å². The van der Waals surface area contributed by atoms with Crippen LogP contribution in [0.25, 0.3) is 0 Å². The van der Waals surface area contributed by atoms with Gasteiger partial charge in [-0.2, -0.15) is 0 Å². The predicted octanol–water partition coefficient (Wildman–Crippen LogP) is 3.56. The average Bonchev–Trinajstić information content (AvgIpc) is 2.54. The molecule has 0 spiro atoms. The van der Waals surface area contributed by atoms with Gasteiger partial charge in [0.1, 0.15) is 11.5 Å². The second kappa shape index (κ2) is 8.03. The molecule has 1 unspecified atom stereocenters. The van der Waals surface area contributed by atoms with Gasteiger partial charge in [-0.15, -0.1) is 0 Å². The van der Waals surface area contributed by atoms with Crippen LogP contribution in [0.3, 0.4) is 0 Å². The molecule has 0 aromatic heterocycles. The van der Waals surface area contributed by atoms with Crippen LogP contribution in [-0.4, -0.2) is 19.6 Å². The number of methoxy groups -OCH3 is 1. The maximum Gasteiger partial charge on any atom is 0.258 e. The minimum atomic E-state index is -0.151. The average molecular weight is 411 g/mol. The number of hydrogen-bond donors (Lipinski definition) is 1. The molecule has 0 radical (unpaired) electrons. The van der Waals surface area contributed by atoms with Crippen molar-refractivity contribution in [2.45, 2.75) is 13.0 Å². The van der Waals surface area contributed by atoms with E-state index in [2.05, 4.69) is 27.9 Å². The molecule has 2 aromatic carbocycles. The van der Waals surface area contributed by atoms with E-state index in [0.29, 0.717) is 5.75 Å². The molecule has 0 aliphatic carbocycles. The Bertz CT molecular complexity index is 611. The molecule has 0 aliphatic rings. The zero-order valence-electron chi connectivity index (χ0n) is 12.5. The summed E-state index contributed by atoms with van der Waals surface area (Å²) < 4.78 is 11.7. The molecule has 0 saturated carbocycles. The second-order valence-electron chi connectivity index (χ2n) is 4.80. The molecule has 0 heterocycles. The molecule has 0 bridgehead atoms. The van der Waals surface area contributed by atoms with Crippen LogP contribution in [0.15, 0.2) is 48.5 Å². The summed E-state index contributed by atoms with van der Waals surface area (Å²) >= 11 is 2.22. The van der Waals surface area contributed by atoms with Gasteiger partial charge in [-0.1, -0.05) is 12.1 Å². The van der Waals surface area contributed by atoms with Gasteiger partial charge in [-0.3, -0.25) is 4.79 Å². The fraction of sp³-hybridized carbons (Fsp3) is 0.235. The van der Waals surface area contributed by atoms with Gasteiger partial charge in [0, 0.05) is 3.57 Å². The fourth-order valence-electron chi connectivity index (χ4n) is 1.94. The third-order valence-electron chi connectivity index (χ3n) is 3.18. The normalized spacial score (nSPS) is 11.6. The van der Waals surface area contributed by atoms with E-state index in [1.165, 1.54) is 0 Å². The lowest BCUT2D eigenvalue weighted by Gasteiger charge is -2.15. The summed E-state index contributed by atoms with van der Waals surface area (Å²) in [4.78, 5) is 11.9. The van der Waals surface area contributed by atoms with Crippen molar-refractivity contribution in [3.05, 3.63) is 57.7 Å². The van der Waals surface area contributed by atoms with Crippen LogP contribution in [0.4, 0.5) is 0 Å². The predicted molar refractivity (Wildman–Crippen MR) is 94.2 cm³/mol. The van der Waals surface area contributed by atoms with Gasteiger partial charge in [0.15, 0.2) is 6.61 Å². The first-order valence-electron chi connectivity index (χ1n) is 6.90. The molecule has 4 nitrogen and oxygen atoms in total. The second-order valence-corrected chi connectivity index (χ2v) is 6.05. The molecule has 2 rings (SSSR count). The minimum absolute atomic E-state index is 0.00108. The van der Waals surface area contributed by atoms with Crippen molar-refractivity contribution >= 4 is 28.5 Å². The molecule has 22 heavy (non-hydrogen) atoms. The van der Waals surface area contributed by atoms with Crippen LogP contribution < -0.4 is 14.8 Å². The Balaban J connectivity index is 1.83. The smallest absolute Gasteiger partial charge is 0.258 e. The van der Waals surface area contributed by atoms with Crippen LogP contribution in [0.2, 0.25) is 0 Å². The maximum atomic E-state index is 11.9. The summed E-state index contributed by atoms with van der Waals surface area (Å²) in [5, 5.41) is 2.91. The van der Waals surface area contributed by atoms with Crippen LogP contribution in [0.1, 0.15) is 18.5 Å². The molecule has 0 fully saturated rings. The Labute approximate surface area is 144 Å². The van der Waals surface area contributed by atoms with Crippen molar-refractivity contribution in [2.24, 2.45) is 0 Å². The number of ether oxygens (including phenoxy) is 2. The minimum Gasteiger partial charge on any atom is -0.497 e. The molecular weight excluding hydrogens is 393 g/mol. The van der Waals surface area contributed by atoms with Crippen LogP contribution >= 0.6 is 22.6 Å². The highest BCUT2D eigenvalue weighted by atomic mass is 127. The zero-order chi connectivity index (χ0) is 15.9. The van der Waals surface area contributed by atoms with Gasteiger partial charge in [0.25, 0.3) is 5.91 Å². The Morgan fingerprint density at radius 1 is 1.09 bits per heavy atom. The Hall–Kier alpha value is -1.76. The van der Waals surface area contributed by atoms with Gasteiger partial charge < -0.3 is 14.8 Å². The number of benzene rings is 2. The molecule has 1 atom stereocenters. The SMILES string of the molecule is COc1ccc(C(C)NC(=O)COc2ccc(I)cc2)cc1. The first-order chi connectivity index (χ1) is 10.6. The van der Waals surface area contributed by atoms with E-state index in [9.17, 15) is 4.79 Å². The Kier molecular flexibility index (Phi) is 6.06. The number of carbonyl (C=O) groups is 1. The lowest BCUT2D eigenvalue weighted by Crippen LogP contribution is -2.31. The third kappa shape index (κ3) is 4.91. The van der Waals surface area contributed by atoms with Gasteiger partial charge in [0.05, 0.1) is 13.2 Å². The van der Waals surface area contributed by atoms with E-state index in [1.54, 1.807) is 7.11 Å². The summed E-state index contributed by atoms with van der Waals surface area (Å²) in [5.74, 6) is 1.33. The van der Waals surface area contributed by atoms with E-state index in [0.717, 1.165) is 14.9 Å². The van der Waals surface area contributed by atoms with E-state index < -0.39 is 0 Å². The molecule has 2 aromatic rings. The number of rotatable bonds is 6. The van der Waals surface area contributed by atoms with E-state index >= 15 is 0 Å². The van der Waals surface area contributed by atoms with Crippen LogP contribution in [-0.2, 0) is 4.79 Å². The zero-order valence-corrected chi connectivity index (χ0v) is 14.7.